The lowest BCUT2D eigenvalue weighted by molar-refractivity contribution is 0.301. The Bertz CT molecular complexity index is 2680. The maximum Gasteiger partial charge on any atom is 0.124 e. The minimum Gasteiger partial charge on any atom is -0.508 e. The van der Waals surface area contributed by atoms with Gasteiger partial charge in [0.1, 0.15) is 30.5 Å². The van der Waals surface area contributed by atoms with Crippen molar-refractivity contribution in [3.05, 3.63) is 160 Å². The zero-order valence-electron chi connectivity index (χ0n) is 35.1. The summed E-state index contributed by atoms with van der Waals surface area (Å²) in [6.07, 6.45) is 10.3. The Hall–Kier alpha value is -5.88. The highest BCUT2D eigenvalue weighted by molar-refractivity contribution is 5.88. The number of phenolic OH excluding ortho intramolecular Hbond substituents is 1. The van der Waals surface area contributed by atoms with Gasteiger partial charge >= 0.3 is 0 Å². The second-order valence-corrected chi connectivity index (χ2v) is 16.9. The van der Waals surface area contributed by atoms with Gasteiger partial charge in [0.2, 0.25) is 0 Å². The highest BCUT2D eigenvalue weighted by Crippen LogP contribution is 2.40. The Labute approximate surface area is 343 Å². The van der Waals surface area contributed by atoms with Crippen LogP contribution in [0.4, 0.5) is 0 Å². The summed E-state index contributed by atoms with van der Waals surface area (Å²) < 4.78 is 17.6. The van der Waals surface area contributed by atoms with Crippen LogP contribution in [0.5, 0.6) is 17.2 Å². The number of aryl methyl sites for hydroxylation is 5. The van der Waals surface area contributed by atoms with E-state index in [9.17, 15) is 5.11 Å². The average molecular weight is 772 g/mol. The largest absolute Gasteiger partial charge is 0.508 e. The van der Waals surface area contributed by atoms with E-state index >= 15 is 0 Å². The third kappa shape index (κ3) is 7.98. The van der Waals surface area contributed by atoms with E-state index in [1.165, 1.54) is 49.7 Å². The monoisotopic (exact) mass is 771 g/mol. The summed E-state index contributed by atoms with van der Waals surface area (Å²) >= 11 is 0. The van der Waals surface area contributed by atoms with Crippen LogP contribution in [0, 0.1) is 6.92 Å². The maximum atomic E-state index is 11.1. The number of rotatable bonds is 15. The average Bonchev–Trinajstić information content (AvgIpc) is 3.87. The fourth-order valence-corrected chi connectivity index (χ4v) is 8.77. The molecule has 2 atom stereocenters. The van der Waals surface area contributed by atoms with Gasteiger partial charge in [-0.05, 0) is 131 Å². The Kier molecular flexibility index (Phi) is 11.1. The number of nitrogens with zero attached hydrogens (tertiary/aromatic N) is 2. The molecule has 0 aliphatic rings. The van der Waals surface area contributed by atoms with Crippen molar-refractivity contribution in [1.29, 1.82) is 0 Å². The quantitative estimate of drug-likeness (QED) is 0.109. The van der Waals surface area contributed by atoms with Crippen LogP contribution in [0.25, 0.3) is 32.7 Å². The predicted octanol–water partition coefficient (Wildman–Crippen LogP) is 12.9. The zero-order chi connectivity index (χ0) is 40.5. The van der Waals surface area contributed by atoms with Gasteiger partial charge < -0.3 is 28.7 Å². The fourth-order valence-electron chi connectivity index (χ4n) is 8.77. The summed E-state index contributed by atoms with van der Waals surface area (Å²) in [7, 11) is 4.23. The molecule has 5 aromatic carbocycles. The Morgan fingerprint density at radius 2 is 1.16 bits per heavy atom. The molecule has 0 saturated heterocycles. The fraction of sp³-hybridized carbons (Fsp3) is 0.308. The molecule has 6 heteroatoms. The van der Waals surface area contributed by atoms with Gasteiger partial charge in [-0.25, -0.2) is 0 Å². The maximum absolute atomic E-state index is 11.1. The molecule has 0 bridgehead atoms. The molecule has 0 aliphatic heterocycles. The van der Waals surface area contributed by atoms with Gasteiger partial charge in [0.25, 0.3) is 0 Å². The molecule has 298 valence electrons. The summed E-state index contributed by atoms with van der Waals surface area (Å²) in [6.45, 7) is 12.2. The molecule has 2 N–H and O–H groups in total. The molecule has 0 saturated carbocycles. The standard InChI is InChI=1S/C52H57N3O3/c1-33(2)41-22-47-45(26-51(41)57-31-37-14-10-8-11-15-37)39(28-53-47)20-18-35(4)44-24-49-46(27-52(44)58-32-38-16-12-9-13-17-38)40(30-55(49)7)21-19-34(3)43-23-48-42(25-50(43)56)36(5)29-54(48)6/h8-17,22-30,33-35,53,56H,18-21,31-32H2,1-7H3. The summed E-state index contributed by atoms with van der Waals surface area (Å²) in [5.41, 5.74) is 13.1. The van der Waals surface area contributed by atoms with E-state index in [-0.39, 0.29) is 11.8 Å². The molecule has 2 unspecified atom stereocenters. The van der Waals surface area contributed by atoms with Crippen molar-refractivity contribution in [3.8, 4) is 17.2 Å². The first-order chi connectivity index (χ1) is 28.0. The topological polar surface area (TPSA) is 64.3 Å². The van der Waals surface area contributed by atoms with Gasteiger partial charge in [0.05, 0.1) is 0 Å². The van der Waals surface area contributed by atoms with Crippen LogP contribution in [0.1, 0.15) is 103 Å². The van der Waals surface area contributed by atoms with Crippen molar-refractivity contribution in [2.24, 2.45) is 14.1 Å². The van der Waals surface area contributed by atoms with E-state index in [0.29, 0.717) is 24.9 Å². The first-order valence-corrected chi connectivity index (χ1v) is 20.9. The van der Waals surface area contributed by atoms with Gasteiger partial charge in [-0.3, -0.25) is 0 Å². The van der Waals surface area contributed by atoms with E-state index in [1.54, 1.807) is 0 Å². The zero-order valence-corrected chi connectivity index (χ0v) is 35.1. The third-order valence-corrected chi connectivity index (χ3v) is 12.3. The van der Waals surface area contributed by atoms with Gasteiger partial charge in [-0.2, -0.15) is 0 Å². The smallest absolute Gasteiger partial charge is 0.124 e. The summed E-state index contributed by atoms with van der Waals surface area (Å²) in [6, 6.07) is 34.1. The van der Waals surface area contributed by atoms with E-state index in [2.05, 4.69) is 160 Å². The van der Waals surface area contributed by atoms with Gasteiger partial charge in [0.15, 0.2) is 0 Å². The molecule has 6 nitrogen and oxygen atoms in total. The number of hydrogen-bond donors (Lipinski definition) is 2. The number of aromatic amines is 1. The number of aromatic nitrogens is 3. The van der Waals surface area contributed by atoms with Crippen LogP contribution in [-0.2, 0) is 40.2 Å². The molecule has 0 radical (unpaired) electrons. The highest BCUT2D eigenvalue weighted by atomic mass is 16.5. The number of phenols is 1. The van der Waals surface area contributed by atoms with Gasteiger partial charge in [0, 0.05) is 65.4 Å². The van der Waals surface area contributed by atoms with Crippen molar-refractivity contribution in [2.45, 2.75) is 91.3 Å². The molecule has 0 fully saturated rings. The molecular weight excluding hydrogens is 715 g/mol. The first-order valence-electron chi connectivity index (χ1n) is 20.9. The molecule has 8 aromatic rings. The molecule has 8 rings (SSSR count). The summed E-state index contributed by atoms with van der Waals surface area (Å²) in [5.74, 6) is 3.07. The molecule has 0 amide bonds. The number of nitrogens with one attached hydrogen (secondary N) is 1. The molecule has 3 aromatic heterocycles. The minimum atomic E-state index is 0.191. The number of H-pyrrole nitrogens is 1. The van der Waals surface area contributed by atoms with Crippen LogP contribution < -0.4 is 9.47 Å². The molecule has 0 spiro atoms. The Morgan fingerprint density at radius 1 is 0.603 bits per heavy atom. The van der Waals surface area contributed by atoms with Crippen molar-refractivity contribution < 1.29 is 14.6 Å². The molecule has 3 heterocycles. The number of fused-ring (bicyclic) bond motifs is 3. The van der Waals surface area contributed by atoms with E-state index in [1.807, 2.05) is 18.2 Å². The second-order valence-electron chi connectivity index (χ2n) is 16.9. The van der Waals surface area contributed by atoms with Crippen molar-refractivity contribution in [1.82, 2.24) is 14.1 Å². The number of aromatic hydroxyl groups is 1. The summed E-state index contributed by atoms with van der Waals surface area (Å²) in [4.78, 5) is 3.58. The van der Waals surface area contributed by atoms with E-state index in [4.69, 9.17) is 9.47 Å². The van der Waals surface area contributed by atoms with Crippen LogP contribution >= 0.6 is 0 Å². The van der Waals surface area contributed by atoms with Crippen LogP contribution in [-0.4, -0.2) is 19.2 Å². The number of benzene rings is 5. The van der Waals surface area contributed by atoms with E-state index in [0.717, 1.165) is 64.7 Å². The van der Waals surface area contributed by atoms with Crippen molar-refractivity contribution in [3.63, 3.8) is 0 Å². The number of hydrogen-bond acceptors (Lipinski definition) is 3. The summed E-state index contributed by atoms with van der Waals surface area (Å²) in [5, 5.41) is 14.6. The lowest BCUT2D eigenvalue weighted by Gasteiger charge is -2.19. The Balaban J connectivity index is 1.05. The van der Waals surface area contributed by atoms with Crippen LogP contribution in [0.15, 0.2) is 116 Å². The first kappa shape index (κ1) is 39.0. The second kappa shape index (κ2) is 16.5. The SMILES string of the molecule is Cc1cn(C)c2cc(C(C)CCc3cn(C)c4cc(C(C)CCc5c[nH]c6cc(C(C)C)c(OCc7ccccc7)cc56)c(OCc5ccccc5)cc34)c(O)cc12. The third-order valence-electron chi connectivity index (χ3n) is 12.3. The van der Waals surface area contributed by atoms with Gasteiger partial charge in [-0.1, -0.05) is 88.4 Å². The highest BCUT2D eigenvalue weighted by Gasteiger charge is 2.21. The lowest BCUT2D eigenvalue weighted by Crippen LogP contribution is -2.04. The van der Waals surface area contributed by atoms with Crippen molar-refractivity contribution in [2.75, 3.05) is 0 Å². The minimum absolute atomic E-state index is 0.191. The van der Waals surface area contributed by atoms with E-state index < -0.39 is 0 Å². The molecule has 58 heavy (non-hydrogen) atoms. The normalized spacial score (nSPS) is 12.9. The Morgan fingerprint density at radius 3 is 1.81 bits per heavy atom. The predicted molar refractivity (Wildman–Crippen MR) is 240 cm³/mol. The van der Waals surface area contributed by atoms with Gasteiger partial charge in [-0.15, -0.1) is 0 Å². The molecule has 0 aliphatic carbocycles. The van der Waals surface area contributed by atoms with Crippen LogP contribution in [0.3, 0.4) is 0 Å². The lowest BCUT2D eigenvalue weighted by atomic mass is 9.90. The van der Waals surface area contributed by atoms with Crippen molar-refractivity contribution >= 4 is 32.7 Å². The molecular formula is C52H57N3O3. The van der Waals surface area contributed by atoms with Crippen LogP contribution in [0.2, 0.25) is 0 Å². The number of ether oxygens (including phenoxy) is 2.